The fourth-order valence-electron chi connectivity index (χ4n) is 2.75. The number of aliphatic hydroxyl groups is 2. The topological polar surface area (TPSA) is 115 Å². The zero-order valence-corrected chi connectivity index (χ0v) is 15.8. The molecule has 4 N–H and O–H groups in total. The van der Waals surface area contributed by atoms with Gasteiger partial charge in [0.1, 0.15) is 29.0 Å². The van der Waals surface area contributed by atoms with Crippen LogP contribution in [0.3, 0.4) is 0 Å². The number of nitrogens with zero attached hydrogens (tertiary/aromatic N) is 1. The van der Waals surface area contributed by atoms with Crippen LogP contribution in [-0.2, 0) is 0 Å². The summed E-state index contributed by atoms with van der Waals surface area (Å²) < 4.78 is 46.5. The van der Waals surface area contributed by atoms with E-state index in [1.54, 1.807) is 24.3 Å². The van der Waals surface area contributed by atoms with Crippen LogP contribution in [0.15, 0.2) is 60.7 Å². The van der Waals surface area contributed by atoms with Crippen molar-refractivity contribution in [1.29, 1.82) is 0 Å². The van der Waals surface area contributed by atoms with Crippen molar-refractivity contribution in [2.45, 2.75) is 12.5 Å². The Morgan fingerprint density at radius 2 is 1.71 bits per heavy atom. The van der Waals surface area contributed by atoms with Crippen LogP contribution < -0.4 is 15.2 Å². The lowest BCUT2D eigenvalue weighted by Crippen LogP contribution is -2.17. The Morgan fingerprint density at radius 1 is 1.03 bits per heavy atom. The van der Waals surface area contributed by atoms with Gasteiger partial charge in [-0.15, -0.1) is 13.2 Å². The lowest BCUT2D eigenvalue weighted by atomic mass is 10.0. The van der Waals surface area contributed by atoms with Crippen molar-refractivity contribution >= 4 is 5.91 Å². The van der Waals surface area contributed by atoms with Crippen molar-refractivity contribution in [3.8, 4) is 28.4 Å². The van der Waals surface area contributed by atoms with Crippen LogP contribution in [0.5, 0.6) is 17.2 Å². The van der Waals surface area contributed by atoms with Gasteiger partial charge < -0.3 is 25.4 Å². The minimum Gasteiger partial charge on any atom is -0.457 e. The molecule has 0 spiro atoms. The number of rotatable bonds is 7. The minimum atomic E-state index is -4.81. The van der Waals surface area contributed by atoms with Crippen molar-refractivity contribution in [3.05, 3.63) is 72.1 Å². The summed E-state index contributed by atoms with van der Waals surface area (Å²) >= 11 is 0. The summed E-state index contributed by atoms with van der Waals surface area (Å²) in [6.45, 7) is -0.564. The van der Waals surface area contributed by atoms with E-state index in [0.717, 1.165) is 12.1 Å². The third-order valence-corrected chi connectivity index (χ3v) is 4.10. The molecule has 2 aromatic carbocycles. The normalized spacial score (nSPS) is 12.3. The zero-order chi connectivity index (χ0) is 22.6. The van der Waals surface area contributed by atoms with Gasteiger partial charge in [-0.1, -0.05) is 24.3 Å². The number of alkyl halides is 3. The second-order valence-electron chi connectivity index (χ2n) is 6.34. The molecule has 3 aromatic rings. The van der Waals surface area contributed by atoms with E-state index in [1.165, 1.54) is 24.3 Å². The number of carbonyl (C=O) groups excluding carboxylic acids is 1. The molecular weight excluding hydrogens is 417 g/mol. The van der Waals surface area contributed by atoms with Gasteiger partial charge >= 0.3 is 6.36 Å². The van der Waals surface area contributed by atoms with Gasteiger partial charge in [0.25, 0.3) is 5.91 Å². The van der Waals surface area contributed by atoms with Crippen LogP contribution in [0, 0.1) is 0 Å². The maximum absolute atomic E-state index is 12.4. The van der Waals surface area contributed by atoms with E-state index >= 15 is 0 Å². The van der Waals surface area contributed by atoms with E-state index in [4.69, 9.17) is 15.6 Å². The van der Waals surface area contributed by atoms with Gasteiger partial charge in [-0.2, -0.15) is 0 Å². The second kappa shape index (κ2) is 9.02. The number of hydrogen-bond donors (Lipinski definition) is 3. The fraction of sp³-hybridized carbons (Fsp3) is 0.143. The summed E-state index contributed by atoms with van der Waals surface area (Å²) in [6.07, 6.45) is -6.06. The smallest absolute Gasteiger partial charge is 0.457 e. The molecule has 1 atom stereocenters. The molecule has 0 aliphatic carbocycles. The largest absolute Gasteiger partial charge is 0.573 e. The molecule has 0 aliphatic heterocycles. The number of carbonyl (C=O) groups is 1. The molecule has 1 amide bonds. The van der Waals surface area contributed by atoms with Gasteiger partial charge in [0.05, 0.1) is 12.3 Å². The van der Waals surface area contributed by atoms with E-state index in [2.05, 4.69) is 9.72 Å². The first-order valence-electron chi connectivity index (χ1n) is 8.90. The van der Waals surface area contributed by atoms with Crippen molar-refractivity contribution < 1.29 is 37.7 Å². The molecule has 1 aromatic heterocycles. The van der Waals surface area contributed by atoms with Crippen LogP contribution >= 0.6 is 0 Å². The number of aromatic nitrogens is 1. The molecule has 31 heavy (non-hydrogen) atoms. The van der Waals surface area contributed by atoms with Crippen molar-refractivity contribution in [2.75, 3.05) is 6.61 Å². The highest BCUT2D eigenvalue weighted by Gasteiger charge is 2.31. The van der Waals surface area contributed by atoms with E-state index in [1.807, 2.05) is 0 Å². The number of hydrogen-bond acceptors (Lipinski definition) is 6. The van der Waals surface area contributed by atoms with Gasteiger partial charge in [0.2, 0.25) is 0 Å². The molecule has 3 rings (SSSR count). The van der Waals surface area contributed by atoms with Crippen molar-refractivity contribution in [1.82, 2.24) is 4.98 Å². The third kappa shape index (κ3) is 5.71. The molecule has 7 nitrogen and oxygen atoms in total. The Labute approximate surface area is 174 Å². The van der Waals surface area contributed by atoms with Gasteiger partial charge in [0, 0.05) is 11.6 Å². The minimum absolute atomic E-state index is 0.0873. The number of halogens is 3. The first-order chi connectivity index (χ1) is 14.7. The molecule has 0 bridgehead atoms. The number of amides is 1. The second-order valence-corrected chi connectivity index (χ2v) is 6.34. The predicted octanol–water partition coefficient (Wildman–Crippen LogP) is 3.56. The molecule has 0 saturated carbocycles. The summed E-state index contributed by atoms with van der Waals surface area (Å²) in [5.41, 5.74) is 6.36. The summed E-state index contributed by atoms with van der Waals surface area (Å²) in [5, 5.41) is 18.7. The Hall–Kier alpha value is -3.63. The Morgan fingerprint density at radius 3 is 2.32 bits per heavy atom. The lowest BCUT2D eigenvalue weighted by molar-refractivity contribution is -0.274. The Balaban J connectivity index is 1.82. The van der Waals surface area contributed by atoms with E-state index in [0.29, 0.717) is 16.9 Å². The van der Waals surface area contributed by atoms with Crippen LogP contribution in [0.2, 0.25) is 0 Å². The SMILES string of the molecule is NC(=O)c1nc([C@H](O)CO)ccc1-c1ccc(Oc2cccc(OC(F)(F)F)c2)cc1. The average Bonchev–Trinajstić information content (AvgIpc) is 2.72. The maximum Gasteiger partial charge on any atom is 0.573 e. The Kier molecular flexibility index (Phi) is 6.42. The summed E-state index contributed by atoms with van der Waals surface area (Å²) in [7, 11) is 0. The van der Waals surface area contributed by atoms with Crippen molar-refractivity contribution in [2.24, 2.45) is 5.73 Å². The van der Waals surface area contributed by atoms with Crippen LogP contribution in [0.25, 0.3) is 11.1 Å². The first kappa shape index (κ1) is 22.1. The standard InChI is InChI=1S/C21H17F3N2O5/c22-21(23,24)31-15-3-1-2-14(10-15)30-13-6-4-12(5-7-13)16-8-9-17(18(28)11-27)26-19(16)20(25)29/h1-10,18,27-28H,11H2,(H2,25,29)/t18-/m1/s1. The molecule has 162 valence electrons. The molecule has 0 radical (unpaired) electrons. The van der Waals surface area contributed by atoms with Crippen LogP contribution in [0.1, 0.15) is 22.3 Å². The number of nitrogens with two attached hydrogens (primary N) is 1. The van der Waals surface area contributed by atoms with Gasteiger partial charge in [-0.05, 0) is 35.9 Å². The first-order valence-corrected chi connectivity index (χ1v) is 8.90. The zero-order valence-electron chi connectivity index (χ0n) is 15.8. The van der Waals surface area contributed by atoms with E-state index < -0.39 is 30.7 Å². The molecule has 0 fully saturated rings. The van der Waals surface area contributed by atoms with Gasteiger partial charge in [-0.3, -0.25) is 4.79 Å². The summed E-state index contributed by atoms with van der Waals surface area (Å²) in [5.74, 6) is -0.766. The number of aliphatic hydroxyl groups excluding tert-OH is 2. The summed E-state index contributed by atoms with van der Waals surface area (Å²) in [6, 6.07) is 14.4. The molecule has 0 saturated heterocycles. The maximum atomic E-state index is 12.4. The van der Waals surface area contributed by atoms with Crippen LogP contribution in [-0.4, -0.2) is 34.1 Å². The lowest BCUT2D eigenvalue weighted by Gasteiger charge is -2.13. The van der Waals surface area contributed by atoms with Crippen molar-refractivity contribution in [3.63, 3.8) is 0 Å². The van der Waals surface area contributed by atoms with Gasteiger partial charge in [-0.25, -0.2) is 4.98 Å². The average molecular weight is 434 g/mol. The number of pyridine rings is 1. The van der Waals surface area contributed by atoms with E-state index in [9.17, 15) is 23.1 Å². The van der Waals surface area contributed by atoms with Crippen LogP contribution in [0.4, 0.5) is 13.2 Å². The molecule has 10 heteroatoms. The molecule has 0 aliphatic rings. The highest BCUT2D eigenvalue weighted by Crippen LogP contribution is 2.31. The molecular formula is C21H17F3N2O5. The molecule has 1 heterocycles. The number of primary amides is 1. The Bertz CT molecular complexity index is 1070. The number of benzene rings is 2. The predicted molar refractivity (Wildman–Crippen MR) is 103 cm³/mol. The quantitative estimate of drug-likeness (QED) is 0.524. The van der Waals surface area contributed by atoms with Gasteiger partial charge in [0.15, 0.2) is 0 Å². The summed E-state index contributed by atoms with van der Waals surface area (Å²) in [4.78, 5) is 15.8. The molecule has 0 unspecified atom stereocenters. The highest BCUT2D eigenvalue weighted by molar-refractivity contribution is 5.98. The monoisotopic (exact) mass is 434 g/mol. The van der Waals surface area contributed by atoms with E-state index in [-0.39, 0.29) is 17.1 Å². The highest BCUT2D eigenvalue weighted by atomic mass is 19.4. The fourth-order valence-corrected chi connectivity index (χ4v) is 2.75. The third-order valence-electron chi connectivity index (χ3n) is 4.10. The number of ether oxygens (including phenoxy) is 2.